The largest absolute Gasteiger partial charge is 0.497 e. The number of hydrogen-bond acceptors (Lipinski definition) is 6. The van der Waals surface area contributed by atoms with Crippen LogP contribution in [0.1, 0.15) is 16.1 Å². The van der Waals surface area contributed by atoms with Crippen LogP contribution in [0.15, 0.2) is 47.0 Å². The highest BCUT2D eigenvalue weighted by atomic mass is 16.5. The Balaban J connectivity index is 1.62. The Morgan fingerprint density at radius 1 is 1.21 bits per heavy atom. The van der Waals surface area contributed by atoms with E-state index in [1.165, 1.54) is 4.90 Å². The molecule has 2 aromatic carbocycles. The van der Waals surface area contributed by atoms with Crippen molar-refractivity contribution in [3.63, 3.8) is 0 Å². The molecule has 8 nitrogen and oxygen atoms in total. The van der Waals surface area contributed by atoms with Gasteiger partial charge in [0, 0.05) is 12.6 Å². The smallest absolute Gasteiger partial charge is 0.264 e. The number of rotatable bonds is 4. The van der Waals surface area contributed by atoms with Crippen LogP contribution in [0.2, 0.25) is 0 Å². The Kier molecular flexibility index (Phi) is 4.67. The number of methoxy groups -OCH3 is 1. The zero-order valence-corrected chi connectivity index (χ0v) is 16.2. The van der Waals surface area contributed by atoms with Crippen LogP contribution in [0.25, 0.3) is 11.1 Å². The van der Waals surface area contributed by atoms with Crippen LogP contribution in [-0.2, 0) is 4.79 Å². The third-order valence-corrected chi connectivity index (χ3v) is 4.78. The third-order valence-electron chi connectivity index (χ3n) is 4.78. The second kappa shape index (κ2) is 7.31. The van der Waals surface area contributed by atoms with Gasteiger partial charge in [0.15, 0.2) is 6.61 Å². The summed E-state index contributed by atoms with van der Waals surface area (Å²) in [6.45, 7) is 1.78. The number of aromatic nitrogens is 1. The van der Waals surface area contributed by atoms with Crippen LogP contribution in [-0.4, -0.2) is 37.7 Å². The van der Waals surface area contributed by atoms with Gasteiger partial charge in [0.1, 0.15) is 11.5 Å². The molecule has 0 fully saturated rings. The monoisotopic (exact) mass is 393 g/mol. The maximum Gasteiger partial charge on any atom is 0.264 e. The minimum Gasteiger partial charge on any atom is -0.497 e. The van der Waals surface area contributed by atoms with Gasteiger partial charge in [-0.1, -0.05) is 17.3 Å². The quantitative estimate of drug-likeness (QED) is 0.731. The molecule has 1 aliphatic rings. The number of carbonyl (C=O) groups excluding carboxylic acids is 2. The number of fused-ring (bicyclic) bond motifs is 1. The molecular weight excluding hydrogens is 374 g/mol. The molecule has 2 amide bonds. The fraction of sp³-hybridized carbons (Fsp3) is 0.190. The van der Waals surface area contributed by atoms with Crippen LogP contribution in [0, 0.1) is 6.92 Å². The summed E-state index contributed by atoms with van der Waals surface area (Å²) in [6, 6.07) is 12.3. The molecule has 29 heavy (non-hydrogen) atoms. The molecule has 0 saturated carbocycles. The van der Waals surface area contributed by atoms with E-state index in [1.807, 2.05) is 24.3 Å². The van der Waals surface area contributed by atoms with Crippen molar-refractivity contribution >= 4 is 23.4 Å². The summed E-state index contributed by atoms with van der Waals surface area (Å²) in [6.07, 6.45) is 0. The first-order valence-electron chi connectivity index (χ1n) is 8.93. The summed E-state index contributed by atoms with van der Waals surface area (Å²) in [4.78, 5) is 26.1. The van der Waals surface area contributed by atoms with E-state index in [4.69, 9.17) is 14.0 Å². The van der Waals surface area contributed by atoms with Gasteiger partial charge in [0.05, 0.1) is 24.1 Å². The molecule has 4 rings (SSSR count). The standard InChI is InChI=1S/C21H19N3O5/c1-12-19(13-4-7-15(27-3)8-5-13)21(29-23-12)22-20(26)14-6-9-17-16(10-14)24(2)18(25)11-28-17/h4-10H,11H2,1-3H3,(H,22,26). The fourth-order valence-corrected chi connectivity index (χ4v) is 3.14. The van der Waals surface area contributed by atoms with Gasteiger partial charge in [-0.25, -0.2) is 0 Å². The van der Waals surface area contributed by atoms with Crippen molar-refractivity contribution in [1.82, 2.24) is 5.16 Å². The van der Waals surface area contributed by atoms with Crippen LogP contribution in [0.5, 0.6) is 11.5 Å². The molecule has 8 heteroatoms. The van der Waals surface area contributed by atoms with Crippen LogP contribution in [0.4, 0.5) is 11.6 Å². The van der Waals surface area contributed by atoms with Gasteiger partial charge in [-0.15, -0.1) is 0 Å². The fourth-order valence-electron chi connectivity index (χ4n) is 3.14. The zero-order chi connectivity index (χ0) is 20.5. The van der Waals surface area contributed by atoms with Crippen molar-refractivity contribution in [3.05, 3.63) is 53.7 Å². The van der Waals surface area contributed by atoms with E-state index in [9.17, 15) is 9.59 Å². The third kappa shape index (κ3) is 3.40. The molecule has 1 aliphatic heterocycles. The van der Waals surface area contributed by atoms with Crippen LogP contribution in [0.3, 0.4) is 0 Å². The minimum atomic E-state index is -0.384. The normalized spacial score (nSPS) is 12.9. The molecule has 0 bridgehead atoms. The second-order valence-electron chi connectivity index (χ2n) is 6.58. The summed E-state index contributed by atoms with van der Waals surface area (Å²) < 4.78 is 15.9. The van der Waals surface area contributed by atoms with Crippen molar-refractivity contribution < 1.29 is 23.6 Å². The molecule has 148 valence electrons. The van der Waals surface area contributed by atoms with E-state index in [0.29, 0.717) is 28.3 Å². The predicted molar refractivity (Wildman–Crippen MR) is 107 cm³/mol. The summed E-state index contributed by atoms with van der Waals surface area (Å²) in [7, 11) is 3.24. The average molecular weight is 393 g/mol. The first kappa shape index (κ1) is 18.5. The molecule has 0 radical (unpaired) electrons. The molecule has 0 spiro atoms. The number of ether oxygens (including phenoxy) is 2. The van der Waals surface area contributed by atoms with Crippen LogP contribution < -0.4 is 19.7 Å². The lowest BCUT2D eigenvalue weighted by atomic mass is 10.1. The summed E-state index contributed by atoms with van der Waals surface area (Å²) >= 11 is 0. The van der Waals surface area contributed by atoms with E-state index >= 15 is 0 Å². The topological polar surface area (TPSA) is 93.9 Å². The molecule has 0 aliphatic carbocycles. The highest BCUT2D eigenvalue weighted by molar-refractivity contribution is 6.07. The first-order chi connectivity index (χ1) is 14.0. The lowest BCUT2D eigenvalue weighted by Crippen LogP contribution is -2.35. The van der Waals surface area contributed by atoms with Crippen molar-refractivity contribution in [2.24, 2.45) is 0 Å². The van der Waals surface area contributed by atoms with Crippen molar-refractivity contribution in [2.75, 3.05) is 31.0 Å². The van der Waals surface area contributed by atoms with Crippen molar-refractivity contribution in [2.45, 2.75) is 6.92 Å². The van der Waals surface area contributed by atoms with Gasteiger partial charge in [-0.3, -0.25) is 14.9 Å². The number of nitrogens with one attached hydrogen (secondary N) is 1. The average Bonchev–Trinajstić information content (AvgIpc) is 3.10. The molecule has 3 aromatic rings. The second-order valence-corrected chi connectivity index (χ2v) is 6.58. The number of aryl methyl sites for hydroxylation is 1. The number of amides is 2. The Hall–Kier alpha value is -3.81. The van der Waals surface area contributed by atoms with Gasteiger partial charge in [-0.2, -0.15) is 0 Å². The molecule has 0 atom stereocenters. The molecule has 1 N–H and O–H groups in total. The van der Waals surface area contributed by atoms with E-state index in [2.05, 4.69) is 10.5 Å². The maximum atomic E-state index is 12.8. The molecule has 2 heterocycles. The van der Waals surface area contributed by atoms with E-state index < -0.39 is 0 Å². The van der Waals surface area contributed by atoms with Gasteiger partial charge in [0.25, 0.3) is 11.8 Å². The summed E-state index contributed by atoms with van der Waals surface area (Å²) in [5.41, 5.74) is 3.08. The van der Waals surface area contributed by atoms with Crippen LogP contribution >= 0.6 is 0 Å². The van der Waals surface area contributed by atoms with E-state index in [0.717, 1.165) is 11.3 Å². The molecular formula is C21H19N3O5. The zero-order valence-electron chi connectivity index (χ0n) is 16.2. The van der Waals surface area contributed by atoms with Gasteiger partial charge in [0.2, 0.25) is 5.88 Å². The Labute approximate surface area is 167 Å². The number of anilines is 2. The number of benzene rings is 2. The van der Waals surface area contributed by atoms with E-state index in [-0.39, 0.29) is 24.3 Å². The minimum absolute atomic E-state index is 0.0163. The predicted octanol–water partition coefficient (Wildman–Crippen LogP) is 3.27. The van der Waals surface area contributed by atoms with Gasteiger partial charge >= 0.3 is 0 Å². The Bertz CT molecular complexity index is 1090. The van der Waals surface area contributed by atoms with E-state index in [1.54, 1.807) is 39.3 Å². The SMILES string of the molecule is COc1ccc(-c2c(C)noc2NC(=O)c2ccc3c(c2)N(C)C(=O)CO3)cc1. The molecule has 1 aromatic heterocycles. The highest BCUT2D eigenvalue weighted by Crippen LogP contribution is 2.34. The number of nitrogens with zero attached hydrogens (tertiary/aromatic N) is 2. The number of carbonyl (C=O) groups is 2. The summed E-state index contributed by atoms with van der Waals surface area (Å²) in [5.74, 6) is 0.963. The number of hydrogen-bond donors (Lipinski definition) is 1. The maximum absolute atomic E-state index is 12.8. The van der Waals surface area contributed by atoms with Crippen molar-refractivity contribution in [1.29, 1.82) is 0 Å². The molecule has 0 unspecified atom stereocenters. The first-order valence-corrected chi connectivity index (χ1v) is 8.93. The Morgan fingerprint density at radius 3 is 2.69 bits per heavy atom. The lowest BCUT2D eigenvalue weighted by molar-refractivity contribution is -0.120. The van der Waals surface area contributed by atoms with Crippen molar-refractivity contribution in [3.8, 4) is 22.6 Å². The Morgan fingerprint density at radius 2 is 1.97 bits per heavy atom. The lowest BCUT2D eigenvalue weighted by Gasteiger charge is -2.26. The summed E-state index contributed by atoms with van der Waals surface area (Å²) in [5, 5.41) is 6.74. The number of likely N-dealkylation sites (N-methyl/N-ethyl adjacent to an activating group) is 1. The van der Waals surface area contributed by atoms with Gasteiger partial charge in [-0.05, 0) is 42.8 Å². The molecule has 0 saturated heterocycles. The highest BCUT2D eigenvalue weighted by Gasteiger charge is 2.24. The van der Waals surface area contributed by atoms with Gasteiger partial charge < -0.3 is 18.9 Å².